The Morgan fingerprint density at radius 3 is 2.56 bits per heavy atom. The molecule has 128 valence electrons. The first-order chi connectivity index (χ1) is 12.0. The molecule has 0 bridgehead atoms. The minimum atomic E-state index is -0.352. The lowest BCUT2D eigenvalue weighted by atomic mass is 10.1. The van der Waals surface area contributed by atoms with E-state index in [0.717, 1.165) is 22.6 Å². The number of aryl methyl sites for hydroxylation is 2. The van der Waals surface area contributed by atoms with E-state index < -0.39 is 0 Å². The molecular formula is C19H18FN3OS. The molecular weight excluding hydrogens is 337 g/mol. The summed E-state index contributed by atoms with van der Waals surface area (Å²) in [6, 6.07) is 10.5. The van der Waals surface area contributed by atoms with Gasteiger partial charge in [-0.3, -0.25) is 0 Å². The lowest BCUT2D eigenvalue weighted by Gasteiger charge is -2.27. The molecule has 1 aliphatic rings. The van der Waals surface area contributed by atoms with Crippen LogP contribution in [0.5, 0.6) is 5.88 Å². The Bertz CT molecular complexity index is 992. The highest BCUT2D eigenvalue weighted by Crippen LogP contribution is 2.45. The van der Waals surface area contributed by atoms with E-state index in [1.807, 2.05) is 48.4 Å². The van der Waals surface area contributed by atoms with Gasteiger partial charge in [0.15, 0.2) is 5.69 Å². The molecule has 4 rings (SSSR count). The second-order valence-corrected chi connectivity index (χ2v) is 7.44. The van der Waals surface area contributed by atoms with Gasteiger partial charge in [0.05, 0.1) is 17.2 Å². The van der Waals surface area contributed by atoms with E-state index >= 15 is 0 Å². The lowest BCUT2D eigenvalue weighted by molar-refractivity contribution is 0.406. The van der Waals surface area contributed by atoms with Gasteiger partial charge in [-0.05, 0) is 55.3 Å². The van der Waals surface area contributed by atoms with Crippen LogP contribution in [0.1, 0.15) is 17.2 Å². The maximum Gasteiger partial charge on any atom is 0.221 e. The second kappa shape index (κ2) is 6.19. The van der Waals surface area contributed by atoms with Gasteiger partial charge < -0.3 is 9.67 Å². The number of halogens is 1. The number of hydrogen-bond acceptors (Lipinski definition) is 4. The molecule has 1 N–H and O–H groups in total. The Kier molecular flexibility index (Phi) is 4.00. The van der Waals surface area contributed by atoms with Crippen molar-refractivity contribution in [2.45, 2.75) is 19.9 Å². The number of nitrogens with zero attached hydrogens (tertiary/aromatic N) is 3. The Morgan fingerprint density at radius 2 is 1.88 bits per heavy atom. The number of azo groups is 1. The van der Waals surface area contributed by atoms with Crippen LogP contribution in [-0.2, 0) is 0 Å². The third kappa shape index (κ3) is 2.80. The molecule has 1 saturated heterocycles. The Labute approximate surface area is 149 Å². The van der Waals surface area contributed by atoms with E-state index in [1.54, 1.807) is 6.07 Å². The minimum absolute atomic E-state index is 0.0542. The van der Waals surface area contributed by atoms with Crippen LogP contribution < -0.4 is 0 Å². The number of fused-ring (bicyclic) bond motifs is 1. The zero-order valence-electron chi connectivity index (χ0n) is 14.0. The van der Waals surface area contributed by atoms with Crippen LogP contribution in [0.15, 0.2) is 46.6 Å². The van der Waals surface area contributed by atoms with Crippen molar-refractivity contribution in [1.82, 2.24) is 4.57 Å². The molecule has 0 radical (unpaired) electrons. The van der Waals surface area contributed by atoms with Crippen LogP contribution >= 0.6 is 11.8 Å². The first-order valence-corrected chi connectivity index (χ1v) is 9.29. The van der Waals surface area contributed by atoms with Gasteiger partial charge in [0, 0.05) is 16.9 Å². The van der Waals surface area contributed by atoms with Crippen LogP contribution in [0, 0.1) is 19.7 Å². The highest BCUT2D eigenvalue weighted by molar-refractivity contribution is 8.00. The van der Waals surface area contributed by atoms with Gasteiger partial charge in [-0.2, -0.15) is 16.9 Å². The van der Waals surface area contributed by atoms with Crippen molar-refractivity contribution < 1.29 is 9.50 Å². The monoisotopic (exact) mass is 355 g/mol. The predicted octanol–water partition coefficient (Wildman–Crippen LogP) is 5.81. The molecule has 6 heteroatoms. The Balaban J connectivity index is 1.83. The fraction of sp³-hybridized carbons (Fsp3) is 0.263. The van der Waals surface area contributed by atoms with Gasteiger partial charge in [0.2, 0.25) is 5.88 Å². The highest BCUT2D eigenvalue weighted by atomic mass is 32.2. The fourth-order valence-corrected chi connectivity index (χ4v) is 3.74. The normalized spacial score (nSPS) is 15.2. The number of aromatic hydroxyl groups is 1. The number of hydrogen-bond donors (Lipinski definition) is 1. The average Bonchev–Trinajstić information content (AvgIpc) is 2.79. The summed E-state index contributed by atoms with van der Waals surface area (Å²) in [5, 5.41) is 19.8. The summed E-state index contributed by atoms with van der Waals surface area (Å²) in [6.45, 7) is 4.05. The van der Waals surface area contributed by atoms with Gasteiger partial charge in [-0.25, -0.2) is 4.39 Å². The van der Waals surface area contributed by atoms with Crippen molar-refractivity contribution in [3.05, 3.63) is 53.3 Å². The van der Waals surface area contributed by atoms with Crippen molar-refractivity contribution in [3.8, 4) is 5.88 Å². The lowest BCUT2D eigenvalue weighted by Crippen LogP contribution is -2.22. The van der Waals surface area contributed by atoms with Crippen molar-refractivity contribution >= 4 is 34.0 Å². The summed E-state index contributed by atoms with van der Waals surface area (Å²) in [4.78, 5) is 0. The summed E-state index contributed by atoms with van der Waals surface area (Å²) in [6.07, 6.45) is 0. The summed E-state index contributed by atoms with van der Waals surface area (Å²) < 4.78 is 15.6. The molecule has 2 heterocycles. The molecule has 0 spiro atoms. The molecule has 0 aliphatic carbocycles. The number of rotatable bonds is 3. The molecule has 0 amide bonds. The predicted molar refractivity (Wildman–Crippen MR) is 100 cm³/mol. The zero-order chi connectivity index (χ0) is 17.6. The topological polar surface area (TPSA) is 49.9 Å². The molecule has 0 atom stereocenters. The second-order valence-electron chi connectivity index (χ2n) is 6.36. The number of benzene rings is 2. The molecule has 4 nitrogen and oxygen atoms in total. The Morgan fingerprint density at radius 1 is 1.08 bits per heavy atom. The molecule has 0 saturated carbocycles. The SMILES string of the molecule is Cc1ccc(N=Nc2c(O)n(C3CSC3)c3ccc(F)cc23)cc1C. The summed E-state index contributed by atoms with van der Waals surface area (Å²) >= 11 is 1.82. The first-order valence-electron chi connectivity index (χ1n) is 8.14. The number of thioether (sulfide) groups is 1. The van der Waals surface area contributed by atoms with Crippen LogP contribution in [-0.4, -0.2) is 21.2 Å². The maximum absolute atomic E-state index is 13.7. The number of aromatic nitrogens is 1. The first kappa shape index (κ1) is 16.1. The summed E-state index contributed by atoms with van der Waals surface area (Å²) in [5.41, 5.74) is 4.13. The zero-order valence-corrected chi connectivity index (χ0v) is 14.8. The molecule has 1 fully saturated rings. The molecule has 0 unspecified atom stereocenters. The molecule has 2 aromatic carbocycles. The van der Waals surface area contributed by atoms with Crippen LogP contribution in [0.3, 0.4) is 0 Å². The van der Waals surface area contributed by atoms with E-state index in [2.05, 4.69) is 10.2 Å². The summed E-state index contributed by atoms with van der Waals surface area (Å²) in [5.74, 6) is 1.57. The van der Waals surface area contributed by atoms with Gasteiger partial charge in [-0.1, -0.05) is 6.07 Å². The van der Waals surface area contributed by atoms with E-state index in [4.69, 9.17) is 0 Å². The van der Waals surface area contributed by atoms with Gasteiger partial charge in [-0.15, -0.1) is 5.11 Å². The average molecular weight is 355 g/mol. The van der Waals surface area contributed by atoms with E-state index in [1.165, 1.54) is 17.7 Å². The van der Waals surface area contributed by atoms with E-state index in [0.29, 0.717) is 16.8 Å². The maximum atomic E-state index is 13.7. The molecule has 25 heavy (non-hydrogen) atoms. The fourth-order valence-electron chi connectivity index (χ4n) is 2.99. The van der Waals surface area contributed by atoms with E-state index in [9.17, 15) is 9.50 Å². The van der Waals surface area contributed by atoms with Crippen LogP contribution in [0.25, 0.3) is 10.9 Å². The van der Waals surface area contributed by atoms with Crippen LogP contribution in [0.4, 0.5) is 15.8 Å². The van der Waals surface area contributed by atoms with Crippen LogP contribution in [0.2, 0.25) is 0 Å². The quantitative estimate of drug-likeness (QED) is 0.603. The van der Waals surface area contributed by atoms with Gasteiger partial charge in [0.25, 0.3) is 0 Å². The van der Waals surface area contributed by atoms with Crippen molar-refractivity contribution in [2.75, 3.05) is 11.5 Å². The van der Waals surface area contributed by atoms with Crippen molar-refractivity contribution in [1.29, 1.82) is 0 Å². The Hall–Kier alpha value is -2.34. The molecule has 1 aromatic heterocycles. The third-order valence-electron chi connectivity index (χ3n) is 4.65. The van der Waals surface area contributed by atoms with Crippen molar-refractivity contribution in [3.63, 3.8) is 0 Å². The largest absolute Gasteiger partial charge is 0.493 e. The molecule has 3 aromatic rings. The third-order valence-corrected chi connectivity index (χ3v) is 5.90. The summed E-state index contributed by atoms with van der Waals surface area (Å²) in [7, 11) is 0. The van der Waals surface area contributed by atoms with Gasteiger partial charge in [0.1, 0.15) is 5.82 Å². The van der Waals surface area contributed by atoms with E-state index in [-0.39, 0.29) is 17.7 Å². The minimum Gasteiger partial charge on any atom is -0.493 e. The van der Waals surface area contributed by atoms with Gasteiger partial charge >= 0.3 is 0 Å². The smallest absolute Gasteiger partial charge is 0.221 e. The standard InChI is InChI=1S/C19H18FN3OS/c1-11-3-5-14(7-12(11)2)21-22-18-16-8-13(20)4-6-17(16)23(19(18)24)15-9-25-10-15/h3-8,15,24H,9-10H2,1-2H3. The molecule has 1 aliphatic heterocycles. The van der Waals surface area contributed by atoms with Crippen molar-refractivity contribution in [2.24, 2.45) is 10.2 Å². The highest BCUT2D eigenvalue weighted by Gasteiger charge is 2.27.